The summed E-state index contributed by atoms with van der Waals surface area (Å²) in [6.07, 6.45) is -1.23. The maximum Gasteiger partial charge on any atom is 0.188 e. The van der Waals surface area contributed by atoms with Crippen molar-refractivity contribution < 1.29 is 28.4 Å². The van der Waals surface area contributed by atoms with Crippen LogP contribution < -0.4 is 28.4 Å². The van der Waals surface area contributed by atoms with Crippen molar-refractivity contribution in [3.8, 4) is 34.5 Å². The molecule has 3 aromatic rings. The molecule has 3 heterocycles. The first-order valence-electron chi connectivity index (χ1n) is 11.8. The van der Waals surface area contributed by atoms with Gasteiger partial charge in [-0.2, -0.15) is 4.90 Å². The Balaban J connectivity index is 1.51. The Kier molecular flexibility index (Phi) is 5.14. The second kappa shape index (κ2) is 8.33. The molecule has 0 aliphatic carbocycles. The molecule has 0 amide bonds. The highest BCUT2D eigenvalue weighted by Crippen LogP contribution is 2.57. The largest absolute Gasteiger partial charge is 0.494 e. The summed E-state index contributed by atoms with van der Waals surface area (Å²) in [6.45, 7) is 7.66. The lowest BCUT2D eigenvalue weighted by molar-refractivity contribution is -0.202. The number of ether oxygens (including phenoxy) is 6. The monoisotopic (exact) mass is 461 g/mol. The summed E-state index contributed by atoms with van der Waals surface area (Å²) < 4.78 is 37.0. The maximum absolute atomic E-state index is 6.58. The minimum atomic E-state index is -0.409. The fourth-order valence-corrected chi connectivity index (χ4v) is 4.83. The molecule has 7 heteroatoms. The zero-order chi connectivity index (χ0) is 23.2. The number of rotatable bonds is 6. The molecule has 0 spiro atoms. The molecule has 0 N–H and O–H groups in total. The zero-order valence-corrected chi connectivity index (χ0v) is 19.4. The number of fused-ring (bicyclic) bond motifs is 6. The topological polar surface area (TPSA) is 58.6 Å². The number of hydrogen-bond acceptors (Lipinski definition) is 7. The van der Waals surface area contributed by atoms with Crippen LogP contribution in [0.3, 0.4) is 0 Å². The van der Waals surface area contributed by atoms with Crippen LogP contribution in [0, 0.1) is 0 Å². The molecule has 6 rings (SSSR count). The quantitative estimate of drug-likeness (QED) is 0.463. The predicted molar refractivity (Wildman–Crippen MR) is 125 cm³/mol. The summed E-state index contributed by atoms with van der Waals surface area (Å²) in [4.78, 5) is 2.12. The Morgan fingerprint density at radius 3 is 1.18 bits per heavy atom. The molecular formula is C27H27NO6. The molecule has 0 unspecified atom stereocenters. The van der Waals surface area contributed by atoms with Crippen molar-refractivity contribution in [3.05, 3.63) is 71.3 Å². The maximum atomic E-state index is 6.58. The molecule has 0 saturated heterocycles. The third kappa shape index (κ3) is 3.30. The minimum Gasteiger partial charge on any atom is -0.494 e. The van der Waals surface area contributed by atoms with Crippen LogP contribution in [0.5, 0.6) is 34.5 Å². The molecule has 0 aromatic heterocycles. The van der Waals surface area contributed by atoms with Gasteiger partial charge in [-0.15, -0.1) is 0 Å². The number of hydrogen-bond donors (Lipinski definition) is 0. The highest BCUT2D eigenvalue weighted by molar-refractivity contribution is 5.52. The highest BCUT2D eigenvalue weighted by Gasteiger charge is 2.51. The van der Waals surface area contributed by atoms with Crippen LogP contribution in [0.25, 0.3) is 0 Å². The summed E-state index contributed by atoms with van der Waals surface area (Å²) in [6, 6.07) is 17.6. The molecule has 3 aliphatic heterocycles. The highest BCUT2D eigenvalue weighted by atomic mass is 16.6. The first-order valence-corrected chi connectivity index (χ1v) is 11.8. The third-order valence-corrected chi connectivity index (χ3v) is 6.20. The summed E-state index contributed by atoms with van der Waals surface area (Å²) in [5.74, 6) is 4.61. The second-order valence-electron chi connectivity index (χ2n) is 8.26. The van der Waals surface area contributed by atoms with Crippen molar-refractivity contribution >= 4 is 0 Å². The van der Waals surface area contributed by atoms with E-state index < -0.39 is 18.7 Å². The van der Waals surface area contributed by atoms with Crippen LogP contribution in [0.1, 0.15) is 56.1 Å². The van der Waals surface area contributed by atoms with E-state index in [0.717, 1.165) is 51.2 Å². The Bertz CT molecular complexity index is 1080. The van der Waals surface area contributed by atoms with Gasteiger partial charge < -0.3 is 28.4 Å². The van der Waals surface area contributed by atoms with Crippen molar-refractivity contribution in [2.75, 3.05) is 19.8 Å². The summed E-state index contributed by atoms with van der Waals surface area (Å²) in [5.41, 5.74) is 2.71. The lowest BCUT2D eigenvalue weighted by atomic mass is 9.98. The lowest BCUT2D eigenvalue weighted by Gasteiger charge is -2.51. The Morgan fingerprint density at radius 1 is 0.559 bits per heavy atom. The van der Waals surface area contributed by atoms with Gasteiger partial charge in [0.15, 0.2) is 18.7 Å². The van der Waals surface area contributed by atoms with Crippen LogP contribution in [0.2, 0.25) is 0 Å². The first kappa shape index (κ1) is 21.0. The van der Waals surface area contributed by atoms with Gasteiger partial charge in [0, 0.05) is 0 Å². The summed E-state index contributed by atoms with van der Waals surface area (Å²) in [7, 11) is 0. The predicted octanol–water partition coefficient (Wildman–Crippen LogP) is 5.76. The van der Waals surface area contributed by atoms with Crippen LogP contribution in [0.4, 0.5) is 0 Å². The first-order chi connectivity index (χ1) is 16.7. The fourth-order valence-electron chi connectivity index (χ4n) is 4.83. The van der Waals surface area contributed by atoms with Crippen LogP contribution in [-0.2, 0) is 0 Å². The SMILES string of the molecule is CCOc1ccc2c(c1)[C@H]1Oc3ccc(OCC)cc3[C@@H]3Oc4ccc(OCC)cc4[C@H](O2)N13. The summed E-state index contributed by atoms with van der Waals surface area (Å²) in [5, 5.41) is 0. The molecule has 7 nitrogen and oxygen atoms in total. The van der Waals surface area contributed by atoms with E-state index in [1.807, 2.05) is 75.4 Å². The van der Waals surface area contributed by atoms with Gasteiger partial charge in [0.1, 0.15) is 34.5 Å². The Morgan fingerprint density at radius 2 is 0.882 bits per heavy atom. The van der Waals surface area contributed by atoms with Gasteiger partial charge >= 0.3 is 0 Å². The van der Waals surface area contributed by atoms with E-state index in [-0.39, 0.29) is 0 Å². The van der Waals surface area contributed by atoms with Gasteiger partial charge in [-0.3, -0.25) is 0 Å². The van der Waals surface area contributed by atoms with E-state index in [1.165, 1.54) is 0 Å². The van der Waals surface area contributed by atoms with Gasteiger partial charge in [-0.1, -0.05) is 0 Å². The van der Waals surface area contributed by atoms with Gasteiger partial charge in [0.25, 0.3) is 0 Å². The fraction of sp³-hybridized carbons (Fsp3) is 0.333. The average Bonchev–Trinajstić information content (AvgIpc) is 2.85. The van der Waals surface area contributed by atoms with Gasteiger partial charge in [-0.25, -0.2) is 0 Å². The molecule has 176 valence electrons. The zero-order valence-electron chi connectivity index (χ0n) is 19.4. The molecule has 3 atom stereocenters. The van der Waals surface area contributed by atoms with Crippen molar-refractivity contribution in [3.63, 3.8) is 0 Å². The third-order valence-electron chi connectivity index (χ3n) is 6.20. The molecule has 3 aliphatic rings. The van der Waals surface area contributed by atoms with Gasteiger partial charge in [-0.05, 0) is 75.4 Å². The number of benzene rings is 3. The molecule has 0 saturated carbocycles. The van der Waals surface area contributed by atoms with Crippen molar-refractivity contribution in [1.29, 1.82) is 0 Å². The van der Waals surface area contributed by atoms with E-state index >= 15 is 0 Å². The van der Waals surface area contributed by atoms with Crippen LogP contribution in [-0.4, -0.2) is 24.7 Å². The molecule has 0 bridgehead atoms. The van der Waals surface area contributed by atoms with E-state index in [1.54, 1.807) is 0 Å². The molecule has 3 aromatic carbocycles. The van der Waals surface area contributed by atoms with E-state index in [4.69, 9.17) is 28.4 Å². The molecule has 0 fully saturated rings. The van der Waals surface area contributed by atoms with E-state index in [2.05, 4.69) is 4.90 Å². The Labute approximate surface area is 198 Å². The molecule has 34 heavy (non-hydrogen) atoms. The smallest absolute Gasteiger partial charge is 0.188 e. The van der Waals surface area contributed by atoms with Crippen molar-refractivity contribution in [2.45, 2.75) is 39.5 Å². The number of nitrogens with zero attached hydrogens (tertiary/aromatic N) is 1. The normalized spacial score (nSPS) is 21.4. The van der Waals surface area contributed by atoms with Gasteiger partial charge in [0.05, 0.1) is 36.5 Å². The van der Waals surface area contributed by atoms with Crippen LogP contribution >= 0.6 is 0 Å². The average molecular weight is 462 g/mol. The summed E-state index contributed by atoms with van der Waals surface area (Å²) >= 11 is 0. The lowest BCUT2D eigenvalue weighted by Crippen LogP contribution is -2.50. The standard InChI is InChI=1S/C27H27NO6/c1-4-29-16-7-10-22-19(13-16)25-28-26(32-22)21-15-18(31-6-3)9-12-24(21)34-27(28)20-14-17(30-5-2)8-11-23(20)33-25/h7-15,25-27H,4-6H2,1-3H3/t25-,26-,27+/m0/s1. The van der Waals surface area contributed by atoms with E-state index in [9.17, 15) is 0 Å². The Hall–Kier alpha value is -3.58. The van der Waals surface area contributed by atoms with E-state index in [0.29, 0.717) is 19.8 Å². The van der Waals surface area contributed by atoms with Crippen molar-refractivity contribution in [1.82, 2.24) is 4.90 Å². The van der Waals surface area contributed by atoms with Gasteiger partial charge in [0.2, 0.25) is 0 Å². The van der Waals surface area contributed by atoms with Crippen molar-refractivity contribution in [2.24, 2.45) is 0 Å². The molecular weight excluding hydrogens is 434 g/mol. The molecule has 0 radical (unpaired) electrons. The minimum absolute atomic E-state index is 0.409. The second-order valence-corrected chi connectivity index (χ2v) is 8.26. The van der Waals surface area contributed by atoms with Crippen LogP contribution in [0.15, 0.2) is 54.6 Å².